The van der Waals surface area contributed by atoms with Crippen molar-refractivity contribution < 1.29 is 13.9 Å². The van der Waals surface area contributed by atoms with Crippen molar-refractivity contribution in [2.24, 2.45) is 5.92 Å². The molecule has 4 rings (SSSR count). The second kappa shape index (κ2) is 7.56. The first kappa shape index (κ1) is 17.2. The minimum Gasteiger partial charge on any atom is -0.368 e. The molecule has 2 aliphatic rings. The Morgan fingerprint density at radius 1 is 1.08 bits per heavy atom. The van der Waals surface area contributed by atoms with E-state index in [0.29, 0.717) is 6.54 Å². The van der Waals surface area contributed by atoms with Crippen LogP contribution in [0.3, 0.4) is 0 Å². The number of carbonyl (C=O) groups excluding carboxylic acids is 1. The van der Waals surface area contributed by atoms with E-state index in [1.807, 2.05) is 41.3 Å². The van der Waals surface area contributed by atoms with Gasteiger partial charge in [-0.3, -0.25) is 9.69 Å². The lowest BCUT2D eigenvalue weighted by atomic mass is 9.93. The Bertz CT molecular complexity index is 768. The molecule has 0 bridgehead atoms. The lowest BCUT2D eigenvalue weighted by Crippen LogP contribution is -2.47. The predicted molar refractivity (Wildman–Crippen MR) is 98.3 cm³/mol. The fraction of sp³-hybridized carbons (Fsp3) is 0.381. The zero-order valence-electron chi connectivity index (χ0n) is 14.7. The van der Waals surface area contributed by atoms with E-state index in [1.54, 1.807) is 12.1 Å². The topological polar surface area (TPSA) is 32.8 Å². The van der Waals surface area contributed by atoms with Crippen molar-refractivity contribution in [1.82, 2.24) is 4.90 Å². The maximum Gasteiger partial charge on any atom is 0.252 e. The molecular formula is C21H23FN2O2. The van der Waals surface area contributed by atoms with Crippen LogP contribution in [0.25, 0.3) is 0 Å². The minimum atomic E-state index is -0.198. The van der Waals surface area contributed by atoms with Gasteiger partial charge in [0, 0.05) is 37.8 Å². The van der Waals surface area contributed by atoms with Crippen molar-refractivity contribution in [3.8, 4) is 0 Å². The number of hydrogen-bond acceptors (Lipinski definition) is 3. The van der Waals surface area contributed by atoms with Crippen molar-refractivity contribution in [1.29, 1.82) is 0 Å². The van der Waals surface area contributed by atoms with E-state index in [2.05, 4.69) is 4.90 Å². The Balaban J connectivity index is 1.48. The average molecular weight is 354 g/mol. The molecule has 2 aromatic rings. The largest absolute Gasteiger partial charge is 0.368 e. The SMILES string of the molecule is O=C1CO[C@H]2CCN(Cc3cccc(F)c3)C[C@@H]2CN1c1ccccc1. The smallest absolute Gasteiger partial charge is 0.252 e. The van der Waals surface area contributed by atoms with E-state index >= 15 is 0 Å². The van der Waals surface area contributed by atoms with Crippen molar-refractivity contribution in [2.75, 3.05) is 31.1 Å². The number of ether oxygens (including phenoxy) is 1. The molecule has 2 atom stereocenters. The number of fused-ring (bicyclic) bond motifs is 1. The number of piperidine rings is 1. The summed E-state index contributed by atoms with van der Waals surface area (Å²) < 4.78 is 19.4. The Morgan fingerprint density at radius 2 is 1.92 bits per heavy atom. The van der Waals surface area contributed by atoms with Crippen LogP contribution >= 0.6 is 0 Å². The highest BCUT2D eigenvalue weighted by Crippen LogP contribution is 2.27. The molecule has 0 N–H and O–H groups in total. The number of likely N-dealkylation sites (tertiary alicyclic amines) is 1. The number of benzene rings is 2. The molecule has 0 aromatic heterocycles. The highest BCUT2D eigenvalue weighted by Gasteiger charge is 2.36. The predicted octanol–water partition coefficient (Wildman–Crippen LogP) is 3.08. The maximum atomic E-state index is 13.4. The molecule has 0 unspecified atom stereocenters. The molecule has 0 spiro atoms. The molecule has 2 saturated heterocycles. The molecule has 2 fully saturated rings. The van der Waals surface area contributed by atoms with Gasteiger partial charge < -0.3 is 9.64 Å². The van der Waals surface area contributed by atoms with Gasteiger partial charge in [0.05, 0.1) is 6.10 Å². The third-order valence-corrected chi connectivity index (χ3v) is 5.25. The third-order valence-electron chi connectivity index (χ3n) is 5.25. The van der Waals surface area contributed by atoms with Gasteiger partial charge in [-0.25, -0.2) is 4.39 Å². The molecule has 26 heavy (non-hydrogen) atoms. The first-order valence-electron chi connectivity index (χ1n) is 9.13. The van der Waals surface area contributed by atoms with Gasteiger partial charge >= 0.3 is 0 Å². The first-order valence-corrected chi connectivity index (χ1v) is 9.13. The molecule has 2 aliphatic heterocycles. The number of carbonyl (C=O) groups is 1. The van der Waals surface area contributed by atoms with E-state index in [9.17, 15) is 9.18 Å². The number of nitrogens with zero attached hydrogens (tertiary/aromatic N) is 2. The molecule has 4 nitrogen and oxygen atoms in total. The summed E-state index contributed by atoms with van der Waals surface area (Å²) in [6.07, 6.45) is 1.01. The maximum absolute atomic E-state index is 13.4. The molecule has 0 saturated carbocycles. The van der Waals surface area contributed by atoms with Gasteiger partial charge in [-0.1, -0.05) is 30.3 Å². The molecule has 136 valence electrons. The van der Waals surface area contributed by atoms with Crippen molar-refractivity contribution in [2.45, 2.75) is 19.1 Å². The first-order chi connectivity index (χ1) is 12.7. The lowest BCUT2D eigenvalue weighted by Gasteiger charge is -2.38. The van der Waals surface area contributed by atoms with Gasteiger partial charge in [0.2, 0.25) is 0 Å². The second-order valence-electron chi connectivity index (χ2n) is 7.10. The van der Waals surface area contributed by atoms with Crippen LogP contribution in [-0.2, 0) is 16.1 Å². The number of hydrogen-bond donors (Lipinski definition) is 0. The molecule has 0 radical (unpaired) electrons. The quantitative estimate of drug-likeness (QED) is 0.849. The molecular weight excluding hydrogens is 331 g/mol. The summed E-state index contributed by atoms with van der Waals surface area (Å²) in [7, 11) is 0. The van der Waals surface area contributed by atoms with Crippen LogP contribution in [0.15, 0.2) is 54.6 Å². The number of rotatable bonds is 3. The summed E-state index contributed by atoms with van der Waals surface area (Å²) in [6, 6.07) is 16.5. The van der Waals surface area contributed by atoms with Crippen LogP contribution in [0, 0.1) is 11.7 Å². The summed E-state index contributed by atoms with van der Waals surface area (Å²) >= 11 is 0. The standard InChI is InChI=1S/C21H23FN2O2/c22-18-6-4-5-16(11-18)12-23-10-9-20-17(13-23)14-24(21(25)15-26-20)19-7-2-1-3-8-19/h1-8,11,17,20H,9-10,12-15H2/t17-,20+/m1/s1. The van der Waals surface area contributed by atoms with Crippen LogP contribution in [0.2, 0.25) is 0 Å². The summed E-state index contributed by atoms with van der Waals surface area (Å²) in [5, 5.41) is 0. The highest BCUT2D eigenvalue weighted by atomic mass is 19.1. The van der Waals surface area contributed by atoms with E-state index in [1.165, 1.54) is 6.07 Å². The van der Waals surface area contributed by atoms with Gasteiger partial charge in [0.15, 0.2) is 0 Å². The van der Waals surface area contributed by atoms with Gasteiger partial charge in [-0.2, -0.15) is 0 Å². The van der Waals surface area contributed by atoms with Crippen molar-refractivity contribution >= 4 is 11.6 Å². The van der Waals surface area contributed by atoms with E-state index in [0.717, 1.165) is 37.3 Å². The summed E-state index contributed by atoms with van der Waals surface area (Å²) in [5.41, 5.74) is 1.90. The van der Waals surface area contributed by atoms with E-state index in [-0.39, 0.29) is 30.4 Å². The van der Waals surface area contributed by atoms with Crippen molar-refractivity contribution in [3.05, 3.63) is 66.0 Å². The third kappa shape index (κ3) is 3.79. The van der Waals surface area contributed by atoms with Crippen molar-refractivity contribution in [3.63, 3.8) is 0 Å². The number of amides is 1. The molecule has 1 amide bonds. The Morgan fingerprint density at radius 3 is 2.73 bits per heavy atom. The van der Waals surface area contributed by atoms with Crippen LogP contribution in [0.5, 0.6) is 0 Å². The van der Waals surface area contributed by atoms with Crippen LogP contribution in [0.4, 0.5) is 10.1 Å². The number of para-hydroxylation sites is 1. The van der Waals surface area contributed by atoms with E-state index in [4.69, 9.17) is 4.74 Å². The Hall–Kier alpha value is -2.24. The number of halogens is 1. The second-order valence-corrected chi connectivity index (χ2v) is 7.10. The molecule has 2 aromatic carbocycles. The van der Waals surface area contributed by atoms with Gasteiger partial charge in [-0.15, -0.1) is 0 Å². The highest BCUT2D eigenvalue weighted by molar-refractivity contribution is 5.94. The van der Waals surface area contributed by atoms with Crippen LogP contribution < -0.4 is 4.90 Å². The van der Waals surface area contributed by atoms with E-state index < -0.39 is 0 Å². The summed E-state index contributed by atoms with van der Waals surface area (Å²) in [4.78, 5) is 16.7. The molecule has 5 heteroatoms. The zero-order chi connectivity index (χ0) is 17.9. The minimum absolute atomic E-state index is 0.0160. The fourth-order valence-corrected chi connectivity index (χ4v) is 3.97. The Labute approximate surface area is 153 Å². The average Bonchev–Trinajstić information content (AvgIpc) is 2.81. The molecule has 0 aliphatic carbocycles. The van der Waals surface area contributed by atoms with Crippen LogP contribution in [-0.4, -0.2) is 43.2 Å². The zero-order valence-corrected chi connectivity index (χ0v) is 14.7. The van der Waals surface area contributed by atoms with Gasteiger partial charge in [0.25, 0.3) is 5.91 Å². The monoisotopic (exact) mass is 354 g/mol. The summed E-state index contributed by atoms with van der Waals surface area (Å²) in [6.45, 7) is 3.27. The summed E-state index contributed by atoms with van der Waals surface area (Å²) in [5.74, 6) is 0.0716. The lowest BCUT2D eigenvalue weighted by molar-refractivity contribution is -0.124. The Kier molecular flexibility index (Phi) is 5.00. The number of anilines is 1. The normalized spacial score (nSPS) is 24.2. The van der Waals surface area contributed by atoms with Gasteiger partial charge in [0.1, 0.15) is 12.4 Å². The van der Waals surface area contributed by atoms with Crippen LogP contribution in [0.1, 0.15) is 12.0 Å². The fourth-order valence-electron chi connectivity index (χ4n) is 3.97. The molecule has 2 heterocycles. The van der Waals surface area contributed by atoms with Gasteiger partial charge in [-0.05, 0) is 36.2 Å².